The van der Waals surface area contributed by atoms with Crippen LogP contribution in [0.25, 0.3) is 0 Å². The molecule has 0 fully saturated rings. The normalized spacial score (nSPS) is 11.8. The van der Waals surface area contributed by atoms with E-state index in [-0.39, 0.29) is 11.8 Å². The second-order valence-corrected chi connectivity index (χ2v) is 4.69. The van der Waals surface area contributed by atoms with E-state index in [1.165, 1.54) is 7.11 Å². The van der Waals surface area contributed by atoms with Gasteiger partial charge in [0.2, 0.25) is 0 Å². The molecule has 0 aliphatic heterocycles. The number of carbonyl (C=O) groups is 2. The average Bonchev–Trinajstić information content (AvgIpc) is 2.45. The van der Waals surface area contributed by atoms with Crippen LogP contribution in [0.15, 0.2) is 30.3 Å². The molecule has 0 spiro atoms. The summed E-state index contributed by atoms with van der Waals surface area (Å²) < 4.78 is 4.50. The Hall–Kier alpha value is -2.08. The SMILES string of the molecule is COC(=O)N[C@H](C(=O)NNCc1ccccc1)C(C)C. The lowest BCUT2D eigenvalue weighted by atomic mass is 10.0. The molecule has 1 aromatic carbocycles. The molecule has 1 aromatic rings. The van der Waals surface area contributed by atoms with Gasteiger partial charge in [-0.2, -0.15) is 0 Å². The lowest BCUT2D eigenvalue weighted by Crippen LogP contribution is -2.53. The molecule has 2 amide bonds. The molecule has 0 unspecified atom stereocenters. The Morgan fingerprint density at radius 2 is 1.85 bits per heavy atom. The fourth-order valence-electron chi connectivity index (χ4n) is 1.63. The topological polar surface area (TPSA) is 79.5 Å². The molecule has 0 aromatic heterocycles. The summed E-state index contributed by atoms with van der Waals surface area (Å²) in [4.78, 5) is 23.2. The quantitative estimate of drug-likeness (QED) is 0.683. The Labute approximate surface area is 118 Å². The van der Waals surface area contributed by atoms with Gasteiger partial charge in [-0.15, -0.1) is 0 Å². The van der Waals surface area contributed by atoms with Crippen LogP contribution >= 0.6 is 0 Å². The lowest BCUT2D eigenvalue weighted by molar-refractivity contribution is -0.125. The summed E-state index contributed by atoms with van der Waals surface area (Å²) in [5.74, 6) is -0.353. The second kappa shape index (κ2) is 8.16. The number of methoxy groups -OCH3 is 1. The van der Waals surface area contributed by atoms with Gasteiger partial charge in [0, 0.05) is 6.54 Å². The first-order valence-corrected chi connectivity index (χ1v) is 6.45. The summed E-state index contributed by atoms with van der Waals surface area (Å²) in [5, 5.41) is 2.50. The van der Waals surface area contributed by atoms with Gasteiger partial charge < -0.3 is 10.1 Å². The summed E-state index contributed by atoms with van der Waals surface area (Å²) in [7, 11) is 1.26. The summed E-state index contributed by atoms with van der Waals surface area (Å²) >= 11 is 0. The molecule has 0 heterocycles. The van der Waals surface area contributed by atoms with Crippen LogP contribution in [0.3, 0.4) is 0 Å². The molecule has 1 rings (SSSR count). The van der Waals surface area contributed by atoms with Gasteiger partial charge in [0.05, 0.1) is 7.11 Å². The number of benzene rings is 1. The zero-order chi connectivity index (χ0) is 15.0. The van der Waals surface area contributed by atoms with E-state index in [9.17, 15) is 9.59 Å². The Bertz CT molecular complexity index is 435. The highest BCUT2D eigenvalue weighted by Gasteiger charge is 2.24. The van der Waals surface area contributed by atoms with Crippen LogP contribution in [0, 0.1) is 5.92 Å². The van der Waals surface area contributed by atoms with Crippen LogP contribution in [0.1, 0.15) is 19.4 Å². The first-order chi connectivity index (χ1) is 9.54. The molecular formula is C14H21N3O3. The molecule has 3 N–H and O–H groups in total. The molecule has 6 heteroatoms. The van der Waals surface area contributed by atoms with Gasteiger partial charge in [-0.3, -0.25) is 10.2 Å². The minimum absolute atomic E-state index is 0.0485. The van der Waals surface area contributed by atoms with Crippen LogP contribution in [0.2, 0.25) is 0 Å². The first kappa shape index (κ1) is 16.0. The number of hydrogen-bond acceptors (Lipinski definition) is 4. The van der Waals surface area contributed by atoms with Crippen molar-refractivity contribution in [2.45, 2.75) is 26.4 Å². The van der Waals surface area contributed by atoms with Gasteiger partial charge in [0.1, 0.15) is 6.04 Å². The summed E-state index contributed by atoms with van der Waals surface area (Å²) in [6, 6.07) is 9.03. The predicted molar refractivity (Wildman–Crippen MR) is 75.6 cm³/mol. The van der Waals surface area contributed by atoms with E-state index in [0.29, 0.717) is 6.54 Å². The van der Waals surface area contributed by atoms with Gasteiger partial charge in [0.25, 0.3) is 5.91 Å². The van der Waals surface area contributed by atoms with Crippen LogP contribution in [0.4, 0.5) is 4.79 Å². The lowest BCUT2D eigenvalue weighted by Gasteiger charge is -2.21. The fraction of sp³-hybridized carbons (Fsp3) is 0.429. The maximum absolute atomic E-state index is 12.0. The van der Waals surface area contributed by atoms with Crippen LogP contribution in [-0.2, 0) is 16.1 Å². The van der Waals surface area contributed by atoms with Gasteiger partial charge in [-0.25, -0.2) is 10.2 Å². The van der Waals surface area contributed by atoms with Crippen LogP contribution in [-0.4, -0.2) is 25.2 Å². The van der Waals surface area contributed by atoms with Gasteiger partial charge in [-0.1, -0.05) is 44.2 Å². The number of alkyl carbamates (subject to hydrolysis) is 1. The van der Waals surface area contributed by atoms with Crippen molar-refractivity contribution in [3.05, 3.63) is 35.9 Å². The first-order valence-electron chi connectivity index (χ1n) is 6.45. The van der Waals surface area contributed by atoms with Crippen molar-refractivity contribution >= 4 is 12.0 Å². The van der Waals surface area contributed by atoms with E-state index in [2.05, 4.69) is 20.9 Å². The zero-order valence-corrected chi connectivity index (χ0v) is 12.0. The average molecular weight is 279 g/mol. The molecule has 0 radical (unpaired) electrons. The third-order valence-electron chi connectivity index (χ3n) is 2.75. The van der Waals surface area contributed by atoms with Crippen molar-refractivity contribution in [2.24, 2.45) is 5.92 Å². The van der Waals surface area contributed by atoms with Crippen molar-refractivity contribution in [3.63, 3.8) is 0 Å². The highest BCUT2D eigenvalue weighted by molar-refractivity contribution is 5.85. The number of nitrogens with one attached hydrogen (secondary N) is 3. The van der Waals surface area contributed by atoms with Gasteiger partial charge in [-0.05, 0) is 11.5 Å². The minimum Gasteiger partial charge on any atom is -0.453 e. The molecule has 0 bridgehead atoms. The predicted octanol–water partition coefficient (Wildman–Crippen LogP) is 1.19. The fourth-order valence-corrected chi connectivity index (χ4v) is 1.63. The number of ether oxygens (including phenoxy) is 1. The number of carbonyl (C=O) groups excluding carboxylic acids is 2. The van der Waals surface area contributed by atoms with E-state index in [4.69, 9.17) is 0 Å². The van der Waals surface area contributed by atoms with Crippen LogP contribution < -0.4 is 16.2 Å². The maximum Gasteiger partial charge on any atom is 0.407 e. The van der Waals surface area contributed by atoms with Crippen molar-refractivity contribution in [1.29, 1.82) is 0 Å². The van der Waals surface area contributed by atoms with Crippen molar-refractivity contribution in [2.75, 3.05) is 7.11 Å². The number of rotatable bonds is 6. The van der Waals surface area contributed by atoms with E-state index < -0.39 is 12.1 Å². The Morgan fingerprint density at radius 3 is 2.40 bits per heavy atom. The highest BCUT2D eigenvalue weighted by Crippen LogP contribution is 2.02. The zero-order valence-electron chi connectivity index (χ0n) is 12.0. The molecule has 0 aliphatic carbocycles. The minimum atomic E-state index is -0.647. The Balaban J connectivity index is 2.44. The molecule has 0 aliphatic rings. The van der Waals surface area contributed by atoms with E-state index in [1.807, 2.05) is 44.2 Å². The number of hydrazine groups is 1. The molecular weight excluding hydrogens is 258 g/mol. The monoisotopic (exact) mass is 279 g/mol. The van der Waals surface area contributed by atoms with E-state index in [1.54, 1.807) is 0 Å². The van der Waals surface area contributed by atoms with Crippen molar-refractivity contribution in [1.82, 2.24) is 16.2 Å². The third kappa shape index (κ3) is 5.27. The largest absolute Gasteiger partial charge is 0.453 e. The van der Waals surface area contributed by atoms with Gasteiger partial charge in [0.15, 0.2) is 0 Å². The van der Waals surface area contributed by atoms with Gasteiger partial charge >= 0.3 is 6.09 Å². The Morgan fingerprint density at radius 1 is 1.20 bits per heavy atom. The number of amides is 2. The molecule has 20 heavy (non-hydrogen) atoms. The molecule has 110 valence electrons. The maximum atomic E-state index is 12.0. The smallest absolute Gasteiger partial charge is 0.407 e. The molecule has 1 atom stereocenters. The standard InChI is InChI=1S/C14H21N3O3/c1-10(2)12(16-14(19)20-3)13(18)17-15-9-11-7-5-4-6-8-11/h4-8,10,12,15H,9H2,1-3H3,(H,16,19)(H,17,18)/t12-/m0/s1. The second-order valence-electron chi connectivity index (χ2n) is 4.69. The van der Waals surface area contributed by atoms with Crippen molar-refractivity contribution < 1.29 is 14.3 Å². The summed E-state index contributed by atoms with van der Waals surface area (Å²) in [5.41, 5.74) is 6.47. The summed E-state index contributed by atoms with van der Waals surface area (Å²) in [6.45, 7) is 4.20. The summed E-state index contributed by atoms with van der Waals surface area (Å²) in [6.07, 6.45) is -0.623. The molecule has 0 saturated heterocycles. The van der Waals surface area contributed by atoms with Crippen molar-refractivity contribution in [3.8, 4) is 0 Å². The van der Waals surface area contributed by atoms with Crippen LogP contribution in [0.5, 0.6) is 0 Å². The third-order valence-corrected chi connectivity index (χ3v) is 2.75. The highest BCUT2D eigenvalue weighted by atomic mass is 16.5. The van der Waals surface area contributed by atoms with E-state index in [0.717, 1.165) is 5.56 Å². The molecule has 0 saturated carbocycles. The van der Waals surface area contributed by atoms with E-state index >= 15 is 0 Å². The number of hydrogen-bond donors (Lipinski definition) is 3. The Kier molecular flexibility index (Phi) is 6.52. The molecule has 6 nitrogen and oxygen atoms in total.